The number of rotatable bonds is 3. The quantitative estimate of drug-likeness (QED) is 0.937. The van der Waals surface area contributed by atoms with E-state index in [4.69, 9.17) is 32.7 Å². The van der Waals surface area contributed by atoms with E-state index in [2.05, 4.69) is 5.32 Å². The zero-order valence-electron chi connectivity index (χ0n) is 10.9. The third kappa shape index (κ3) is 3.06. The minimum absolute atomic E-state index is 0.181. The smallest absolute Gasteiger partial charge is 0.251 e. The number of halogens is 2. The highest BCUT2D eigenvalue weighted by Crippen LogP contribution is 2.32. The number of amides is 1. The summed E-state index contributed by atoms with van der Waals surface area (Å²) < 4.78 is 10.5. The molecule has 0 fully saturated rings. The molecule has 108 valence electrons. The lowest BCUT2D eigenvalue weighted by Crippen LogP contribution is -2.22. The maximum Gasteiger partial charge on any atom is 0.251 e. The van der Waals surface area contributed by atoms with Crippen LogP contribution >= 0.6 is 23.2 Å². The maximum absolute atomic E-state index is 12.1. The number of hydrogen-bond acceptors (Lipinski definition) is 3. The summed E-state index contributed by atoms with van der Waals surface area (Å²) in [6, 6.07) is 10.2. The third-order valence-corrected chi connectivity index (χ3v) is 3.68. The highest BCUT2D eigenvalue weighted by atomic mass is 35.5. The molecule has 0 atom stereocenters. The van der Waals surface area contributed by atoms with Gasteiger partial charge < -0.3 is 14.8 Å². The molecular formula is C15H11Cl2NO3. The van der Waals surface area contributed by atoms with Crippen molar-refractivity contribution >= 4 is 29.1 Å². The fraction of sp³-hybridized carbons (Fsp3) is 0.133. The molecule has 1 N–H and O–H groups in total. The minimum atomic E-state index is -0.209. The first-order chi connectivity index (χ1) is 10.1. The molecule has 0 saturated heterocycles. The Morgan fingerprint density at radius 1 is 1.10 bits per heavy atom. The van der Waals surface area contributed by atoms with Crippen molar-refractivity contribution in [3.05, 3.63) is 57.6 Å². The fourth-order valence-corrected chi connectivity index (χ4v) is 2.46. The van der Waals surface area contributed by atoms with E-state index in [1.807, 2.05) is 0 Å². The third-order valence-electron chi connectivity index (χ3n) is 3.09. The summed E-state index contributed by atoms with van der Waals surface area (Å²) in [6.45, 7) is 0.504. The summed E-state index contributed by atoms with van der Waals surface area (Å²) >= 11 is 11.9. The van der Waals surface area contributed by atoms with E-state index in [-0.39, 0.29) is 12.7 Å². The normalized spacial score (nSPS) is 12.3. The second-order valence-corrected chi connectivity index (χ2v) is 5.33. The first-order valence-corrected chi connectivity index (χ1v) is 7.01. The van der Waals surface area contributed by atoms with E-state index in [1.165, 1.54) is 0 Å². The van der Waals surface area contributed by atoms with Crippen molar-refractivity contribution in [3.8, 4) is 11.5 Å². The monoisotopic (exact) mass is 323 g/mol. The summed E-state index contributed by atoms with van der Waals surface area (Å²) in [6.07, 6.45) is 0. The first-order valence-electron chi connectivity index (χ1n) is 6.25. The van der Waals surface area contributed by atoms with Crippen LogP contribution in [0.25, 0.3) is 0 Å². The van der Waals surface area contributed by atoms with Gasteiger partial charge in [0, 0.05) is 22.2 Å². The number of carbonyl (C=O) groups is 1. The van der Waals surface area contributed by atoms with Gasteiger partial charge in [0.1, 0.15) is 0 Å². The SMILES string of the molecule is O=C(NCc1ccc(Cl)cc1Cl)c1ccc2c(c1)OCO2. The Morgan fingerprint density at radius 2 is 1.90 bits per heavy atom. The summed E-state index contributed by atoms with van der Waals surface area (Å²) in [5.74, 6) is 1.01. The van der Waals surface area contributed by atoms with E-state index >= 15 is 0 Å². The van der Waals surface area contributed by atoms with Gasteiger partial charge in [0.25, 0.3) is 5.91 Å². The van der Waals surface area contributed by atoms with E-state index in [9.17, 15) is 4.79 Å². The van der Waals surface area contributed by atoms with Crippen molar-refractivity contribution in [1.29, 1.82) is 0 Å². The minimum Gasteiger partial charge on any atom is -0.454 e. The van der Waals surface area contributed by atoms with Crippen molar-refractivity contribution in [1.82, 2.24) is 5.32 Å². The lowest BCUT2D eigenvalue weighted by Gasteiger charge is -2.08. The van der Waals surface area contributed by atoms with Crippen molar-refractivity contribution in [3.63, 3.8) is 0 Å². The summed E-state index contributed by atoms with van der Waals surface area (Å²) in [5, 5.41) is 3.89. The van der Waals surface area contributed by atoms with Crippen LogP contribution in [0.3, 0.4) is 0 Å². The molecule has 0 radical (unpaired) electrons. The fourth-order valence-electron chi connectivity index (χ4n) is 1.98. The van der Waals surface area contributed by atoms with Crippen LogP contribution < -0.4 is 14.8 Å². The van der Waals surface area contributed by atoms with Gasteiger partial charge in [0.15, 0.2) is 11.5 Å². The maximum atomic E-state index is 12.1. The highest BCUT2D eigenvalue weighted by molar-refractivity contribution is 6.35. The molecule has 2 aromatic rings. The Hall–Kier alpha value is -1.91. The van der Waals surface area contributed by atoms with Crippen LogP contribution in [0, 0.1) is 0 Å². The zero-order valence-corrected chi connectivity index (χ0v) is 12.4. The molecule has 6 heteroatoms. The number of benzene rings is 2. The molecule has 1 amide bonds. The van der Waals surface area contributed by atoms with Gasteiger partial charge in [-0.05, 0) is 35.9 Å². The van der Waals surface area contributed by atoms with E-state index in [1.54, 1.807) is 36.4 Å². The van der Waals surface area contributed by atoms with E-state index in [0.717, 1.165) is 5.56 Å². The van der Waals surface area contributed by atoms with Gasteiger partial charge in [-0.1, -0.05) is 29.3 Å². The van der Waals surface area contributed by atoms with Gasteiger partial charge in [-0.15, -0.1) is 0 Å². The Kier molecular flexibility index (Phi) is 3.90. The van der Waals surface area contributed by atoms with Gasteiger partial charge in [0.05, 0.1) is 0 Å². The van der Waals surface area contributed by atoms with Crippen molar-refractivity contribution in [2.45, 2.75) is 6.54 Å². The largest absolute Gasteiger partial charge is 0.454 e. The number of fused-ring (bicyclic) bond motifs is 1. The van der Waals surface area contributed by atoms with Crippen LogP contribution in [0.15, 0.2) is 36.4 Å². The zero-order chi connectivity index (χ0) is 14.8. The molecule has 21 heavy (non-hydrogen) atoms. The molecule has 0 aliphatic carbocycles. The number of hydrogen-bond donors (Lipinski definition) is 1. The lowest BCUT2D eigenvalue weighted by atomic mass is 10.1. The van der Waals surface area contributed by atoms with E-state index in [0.29, 0.717) is 33.7 Å². The van der Waals surface area contributed by atoms with Gasteiger partial charge in [-0.3, -0.25) is 4.79 Å². The van der Waals surface area contributed by atoms with Crippen LogP contribution in [0.5, 0.6) is 11.5 Å². The Bertz CT molecular complexity index is 703. The van der Waals surface area contributed by atoms with Gasteiger partial charge >= 0.3 is 0 Å². The number of nitrogens with one attached hydrogen (secondary N) is 1. The molecule has 0 bridgehead atoms. The first kappa shape index (κ1) is 14.0. The Balaban J connectivity index is 1.69. The molecule has 0 spiro atoms. The van der Waals surface area contributed by atoms with Crippen LogP contribution in [-0.4, -0.2) is 12.7 Å². The summed E-state index contributed by atoms with van der Waals surface area (Å²) in [5.41, 5.74) is 1.31. The predicted octanol–water partition coefficient (Wildman–Crippen LogP) is 3.65. The van der Waals surface area contributed by atoms with Crippen LogP contribution in [-0.2, 0) is 6.54 Å². The lowest BCUT2D eigenvalue weighted by molar-refractivity contribution is 0.0950. The number of carbonyl (C=O) groups excluding carboxylic acids is 1. The molecule has 1 heterocycles. The van der Waals surface area contributed by atoms with Crippen LogP contribution in [0.2, 0.25) is 10.0 Å². The molecule has 0 aromatic heterocycles. The average Bonchev–Trinajstić information content (AvgIpc) is 2.93. The Morgan fingerprint density at radius 3 is 2.71 bits per heavy atom. The molecule has 4 nitrogen and oxygen atoms in total. The van der Waals surface area contributed by atoms with Crippen molar-refractivity contribution in [2.75, 3.05) is 6.79 Å². The molecule has 0 unspecified atom stereocenters. The second kappa shape index (κ2) is 5.84. The molecule has 1 aliphatic rings. The highest BCUT2D eigenvalue weighted by Gasteiger charge is 2.16. The molecule has 1 aliphatic heterocycles. The molecular weight excluding hydrogens is 313 g/mol. The summed E-state index contributed by atoms with van der Waals surface area (Å²) in [4.78, 5) is 12.1. The van der Waals surface area contributed by atoms with Gasteiger partial charge in [0.2, 0.25) is 6.79 Å². The second-order valence-electron chi connectivity index (χ2n) is 4.49. The molecule has 0 saturated carbocycles. The average molecular weight is 324 g/mol. The number of ether oxygens (including phenoxy) is 2. The Labute approximate surface area is 131 Å². The van der Waals surface area contributed by atoms with Crippen LogP contribution in [0.4, 0.5) is 0 Å². The van der Waals surface area contributed by atoms with Crippen LogP contribution in [0.1, 0.15) is 15.9 Å². The van der Waals surface area contributed by atoms with Crippen molar-refractivity contribution < 1.29 is 14.3 Å². The predicted molar refractivity (Wildman–Crippen MR) is 80.2 cm³/mol. The standard InChI is InChI=1S/C15H11Cl2NO3/c16-11-3-1-10(12(17)6-11)7-18-15(19)9-2-4-13-14(5-9)21-8-20-13/h1-6H,7-8H2,(H,18,19). The van der Waals surface area contributed by atoms with Gasteiger partial charge in [-0.2, -0.15) is 0 Å². The van der Waals surface area contributed by atoms with Gasteiger partial charge in [-0.25, -0.2) is 0 Å². The molecule has 3 rings (SSSR count). The van der Waals surface area contributed by atoms with E-state index < -0.39 is 0 Å². The van der Waals surface area contributed by atoms with Crippen molar-refractivity contribution in [2.24, 2.45) is 0 Å². The topological polar surface area (TPSA) is 47.6 Å². The summed E-state index contributed by atoms with van der Waals surface area (Å²) in [7, 11) is 0. The molecule has 2 aromatic carbocycles.